The highest BCUT2D eigenvalue weighted by atomic mass is 16.3. The molecule has 1 fully saturated rings. The summed E-state index contributed by atoms with van der Waals surface area (Å²) in [5.74, 6) is 1.40. The first kappa shape index (κ1) is 15.6. The Kier molecular flexibility index (Phi) is 4.09. The van der Waals surface area contributed by atoms with E-state index >= 15 is 0 Å². The minimum atomic E-state index is 0.0473. The van der Waals surface area contributed by atoms with Gasteiger partial charge in [0.05, 0.1) is 11.8 Å². The number of imidazole rings is 1. The third-order valence-corrected chi connectivity index (χ3v) is 4.76. The predicted octanol–water partition coefficient (Wildman–Crippen LogP) is 3.01. The van der Waals surface area contributed by atoms with Crippen LogP contribution in [-0.2, 0) is 6.54 Å². The van der Waals surface area contributed by atoms with E-state index in [1.54, 1.807) is 12.3 Å². The van der Waals surface area contributed by atoms with Gasteiger partial charge in [0.15, 0.2) is 0 Å². The Labute approximate surface area is 146 Å². The van der Waals surface area contributed by atoms with Gasteiger partial charge in [-0.15, -0.1) is 0 Å². The molecular weight excluding hydrogens is 316 g/mol. The smallest absolute Gasteiger partial charge is 0.257 e. The Morgan fingerprint density at radius 3 is 3.04 bits per heavy atom. The molecule has 1 amide bonds. The quantitative estimate of drug-likeness (QED) is 0.735. The first-order valence-electron chi connectivity index (χ1n) is 8.46. The van der Waals surface area contributed by atoms with Gasteiger partial charge in [-0.2, -0.15) is 0 Å². The van der Waals surface area contributed by atoms with Gasteiger partial charge >= 0.3 is 0 Å². The average Bonchev–Trinajstić information content (AvgIpc) is 3.38. The molecule has 3 aromatic rings. The van der Waals surface area contributed by atoms with Gasteiger partial charge in [0, 0.05) is 49.5 Å². The molecule has 1 saturated heterocycles. The Balaban J connectivity index is 1.49. The van der Waals surface area contributed by atoms with E-state index in [4.69, 9.17) is 4.42 Å². The molecule has 0 radical (unpaired) electrons. The molecular formula is C19H20N4O2. The van der Waals surface area contributed by atoms with Crippen LogP contribution in [0.2, 0.25) is 0 Å². The maximum Gasteiger partial charge on any atom is 0.257 e. The van der Waals surface area contributed by atoms with Gasteiger partial charge in [0.25, 0.3) is 5.91 Å². The van der Waals surface area contributed by atoms with E-state index in [9.17, 15) is 4.79 Å². The fourth-order valence-corrected chi connectivity index (χ4v) is 3.41. The number of hydrogen-bond donors (Lipinski definition) is 0. The van der Waals surface area contributed by atoms with Crippen molar-refractivity contribution in [1.29, 1.82) is 0 Å². The normalized spacial score (nSPS) is 17.2. The third kappa shape index (κ3) is 3.07. The molecule has 25 heavy (non-hydrogen) atoms. The number of furan rings is 1. The number of aryl methyl sites for hydroxylation is 1. The Hall–Kier alpha value is -2.89. The molecule has 0 N–H and O–H groups in total. The van der Waals surface area contributed by atoms with Crippen molar-refractivity contribution >= 4 is 5.91 Å². The number of likely N-dealkylation sites (tertiary alicyclic amines) is 1. The lowest BCUT2D eigenvalue weighted by atomic mass is 10.1. The second-order valence-electron chi connectivity index (χ2n) is 6.49. The van der Waals surface area contributed by atoms with Crippen molar-refractivity contribution in [2.75, 3.05) is 13.1 Å². The molecule has 6 heteroatoms. The van der Waals surface area contributed by atoms with Crippen LogP contribution in [0.5, 0.6) is 0 Å². The topological polar surface area (TPSA) is 64.2 Å². The van der Waals surface area contributed by atoms with Crippen LogP contribution in [0.25, 0.3) is 11.4 Å². The number of pyridine rings is 1. The average molecular weight is 336 g/mol. The van der Waals surface area contributed by atoms with Crippen LogP contribution in [0.1, 0.15) is 22.5 Å². The second kappa shape index (κ2) is 6.55. The molecule has 0 aliphatic carbocycles. The summed E-state index contributed by atoms with van der Waals surface area (Å²) in [5.41, 5.74) is 2.76. The number of aromatic nitrogens is 3. The Morgan fingerprint density at radius 1 is 1.36 bits per heavy atom. The number of amides is 1. The van der Waals surface area contributed by atoms with E-state index in [0.29, 0.717) is 11.5 Å². The van der Waals surface area contributed by atoms with E-state index < -0.39 is 0 Å². The maximum absolute atomic E-state index is 12.4. The number of hydrogen-bond acceptors (Lipinski definition) is 4. The summed E-state index contributed by atoms with van der Waals surface area (Å²) in [7, 11) is 0. The van der Waals surface area contributed by atoms with Gasteiger partial charge in [-0.25, -0.2) is 4.98 Å². The molecule has 1 unspecified atom stereocenters. The SMILES string of the molecule is Cc1cnc(-c2cccnc2)n1CC1CCN(C(=O)c2ccoc2)C1. The van der Waals surface area contributed by atoms with Crippen LogP contribution in [0.15, 0.2) is 53.7 Å². The molecule has 4 heterocycles. The molecule has 4 rings (SSSR count). The molecule has 0 saturated carbocycles. The van der Waals surface area contributed by atoms with Crippen LogP contribution in [0, 0.1) is 12.8 Å². The second-order valence-corrected chi connectivity index (χ2v) is 6.49. The van der Waals surface area contributed by atoms with E-state index in [1.807, 2.05) is 29.4 Å². The summed E-state index contributed by atoms with van der Waals surface area (Å²) >= 11 is 0. The Morgan fingerprint density at radius 2 is 2.28 bits per heavy atom. The van der Waals surface area contributed by atoms with Crippen LogP contribution in [0.4, 0.5) is 0 Å². The summed E-state index contributed by atoms with van der Waals surface area (Å²) in [6, 6.07) is 5.66. The zero-order valence-corrected chi connectivity index (χ0v) is 14.1. The van der Waals surface area contributed by atoms with E-state index in [0.717, 1.165) is 43.1 Å². The largest absolute Gasteiger partial charge is 0.472 e. The van der Waals surface area contributed by atoms with Crippen molar-refractivity contribution in [3.8, 4) is 11.4 Å². The van der Waals surface area contributed by atoms with Crippen LogP contribution in [-0.4, -0.2) is 38.4 Å². The van der Waals surface area contributed by atoms with Crippen LogP contribution < -0.4 is 0 Å². The molecule has 1 aliphatic heterocycles. The van der Waals surface area contributed by atoms with Crippen molar-refractivity contribution in [1.82, 2.24) is 19.4 Å². The summed E-state index contributed by atoms with van der Waals surface area (Å²) in [6.07, 6.45) is 9.53. The molecule has 1 aliphatic rings. The fraction of sp³-hybridized carbons (Fsp3) is 0.316. The lowest BCUT2D eigenvalue weighted by Gasteiger charge is -2.17. The zero-order valence-electron chi connectivity index (χ0n) is 14.1. The number of rotatable bonds is 4. The van der Waals surface area contributed by atoms with Gasteiger partial charge in [-0.05, 0) is 37.5 Å². The monoisotopic (exact) mass is 336 g/mol. The lowest BCUT2D eigenvalue weighted by Crippen LogP contribution is -2.29. The number of nitrogens with zero attached hydrogens (tertiary/aromatic N) is 4. The van der Waals surface area contributed by atoms with E-state index in [2.05, 4.69) is 21.5 Å². The van der Waals surface area contributed by atoms with Gasteiger partial charge in [-0.1, -0.05) is 0 Å². The summed E-state index contributed by atoms with van der Waals surface area (Å²) in [4.78, 5) is 23.1. The fourth-order valence-electron chi connectivity index (χ4n) is 3.41. The number of carbonyl (C=O) groups is 1. The van der Waals surface area contributed by atoms with Crippen molar-refractivity contribution in [3.05, 3.63) is 60.6 Å². The Bertz CT molecular complexity index is 855. The predicted molar refractivity (Wildman–Crippen MR) is 92.9 cm³/mol. The molecule has 0 bridgehead atoms. The minimum Gasteiger partial charge on any atom is -0.472 e. The molecule has 0 spiro atoms. The van der Waals surface area contributed by atoms with Gasteiger partial charge in [-0.3, -0.25) is 9.78 Å². The highest BCUT2D eigenvalue weighted by Crippen LogP contribution is 2.25. The molecule has 3 aromatic heterocycles. The first-order chi connectivity index (χ1) is 12.2. The number of carbonyl (C=O) groups excluding carboxylic acids is 1. The van der Waals surface area contributed by atoms with Crippen molar-refractivity contribution in [3.63, 3.8) is 0 Å². The lowest BCUT2D eigenvalue weighted by molar-refractivity contribution is 0.0785. The third-order valence-electron chi connectivity index (χ3n) is 4.76. The summed E-state index contributed by atoms with van der Waals surface area (Å²) in [6.45, 7) is 4.46. The van der Waals surface area contributed by atoms with Crippen molar-refractivity contribution in [2.24, 2.45) is 5.92 Å². The van der Waals surface area contributed by atoms with Gasteiger partial charge < -0.3 is 13.9 Å². The maximum atomic E-state index is 12.4. The van der Waals surface area contributed by atoms with Crippen molar-refractivity contribution < 1.29 is 9.21 Å². The highest BCUT2D eigenvalue weighted by molar-refractivity contribution is 5.94. The molecule has 1 atom stereocenters. The standard InChI is InChI=1S/C19H20N4O2/c1-14-9-21-18(16-3-2-6-20-10-16)23(14)12-15-4-7-22(11-15)19(24)17-5-8-25-13-17/h2-3,5-6,8-10,13,15H,4,7,11-12H2,1H3. The van der Waals surface area contributed by atoms with Crippen LogP contribution >= 0.6 is 0 Å². The van der Waals surface area contributed by atoms with E-state index in [1.165, 1.54) is 12.5 Å². The summed E-state index contributed by atoms with van der Waals surface area (Å²) < 4.78 is 7.25. The van der Waals surface area contributed by atoms with Crippen molar-refractivity contribution in [2.45, 2.75) is 19.9 Å². The van der Waals surface area contributed by atoms with Gasteiger partial charge in [0.2, 0.25) is 0 Å². The zero-order chi connectivity index (χ0) is 17.2. The van der Waals surface area contributed by atoms with Crippen LogP contribution in [0.3, 0.4) is 0 Å². The summed E-state index contributed by atoms with van der Waals surface area (Å²) in [5, 5.41) is 0. The first-order valence-corrected chi connectivity index (χ1v) is 8.46. The highest BCUT2D eigenvalue weighted by Gasteiger charge is 2.28. The van der Waals surface area contributed by atoms with E-state index in [-0.39, 0.29) is 5.91 Å². The minimum absolute atomic E-state index is 0.0473. The molecule has 0 aromatic carbocycles. The van der Waals surface area contributed by atoms with Gasteiger partial charge in [0.1, 0.15) is 12.1 Å². The molecule has 128 valence electrons. The molecule has 6 nitrogen and oxygen atoms in total.